The van der Waals surface area contributed by atoms with Crippen LogP contribution in [0.25, 0.3) is 11.0 Å². The number of amides is 1. The number of hydrogen-bond donors (Lipinski definition) is 3. The third-order valence-electron chi connectivity index (χ3n) is 4.58. The molecule has 1 aromatic heterocycles. The Labute approximate surface area is 128 Å². The summed E-state index contributed by atoms with van der Waals surface area (Å²) in [5.41, 5.74) is 1.67. The van der Waals surface area contributed by atoms with Crippen molar-refractivity contribution >= 4 is 16.9 Å². The second kappa shape index (κ2) is 5.96. The Hall–Kier alpha value is -2.08. The Bertz CT molecular complexity index is 741. The summed E-state index contributed by atoms with van der Waals surface area (Å²) in [7, 11) is 1.68. The topological polar surface area (TPSA) is 87.1 Å². The number of benzene rings is 1. The molecule has 3 N–H and O–H groups in total. The minimum Gasteiger partial charge on any atom is -0.391 e. The van der Waals surface area contributed by atoms with Gasteiger partial charge in [0.15, 0.2) is 0 Å². The molecular weight excluding hydrogens is 282 g/mol. The second-order valence-corrected chi connectivity index (χ2v) is 6.04. The molecule has 0 bridgehead atoms. The molecule has 0 spiro atoms. The van der Waals surface area contributed by atoms with E-state index in [1.165, 1.54) is 4.57 Å². The smallest absolute Gasteiger partial charge is 0.326 e. The van der Waals surface area contributed by atoms with Crippen LogP contribution in [-0.4, -0.2) is 33.2 Å². The first-order chi connectivity index (χ1) is 10.6. The third-order valence-corrected chi connectivity index (χ3v) is 4.58. The molecule has 1 aliphatic rings. The van der Waals surface area contributed by atoms with Crippen LogP contribution in [-0.2, 0) is 7.05 Å². The van der Waals surface area contributed by atoms with Crippen LogP contribution in [0.1, 0.15) is 36.0 Å². The van der Waals surface area contributed by atoms with E-state index in [0.29, 0.717) is 17.0 Å². The lowest BCUT2D eigenvalue weighted by atomic mass is 10.0. The van der Waals surface area contributed by atoms with Gasteiger partial charge >= 0.3 is 5.69 Å². The molecule has 6 nitrogen and oxygen atoms in total. The number of aromatic amines is 1. The Morgan fingerprint density at radius 1 is 1.45 bits per heavy atom. The van der Waals surface area contributed by atoms with Gasteiger partial charge in [0.05, 0.1) is 17.1 Å². The number of carbonyl (C=O) groups is 1. The lowest BCUT2D eigenvalue weighted by Gasteiger charge is -2.18. The Morgan fingerprint density at radius 2 is 2.18 bits per heavy atom. The van der Waals surface area contributed by atoms with Gasteiger partial charge in [0, 0.05) is 19.2 Å². The number of nitrogens with zero attached hydrogens (tertiary/aromatic N) is 1. The monoisotopic (exact) mass is 303 g/mol. The fourth-order valence-corrected chi connectivity index (χ4v) is 3.19. The summed E-state index contributed by atoms with van der Waals surface area (Å²) in [5.74, 6) is 0.0666. The van der Waals surface area contributed by atoms with Crippen LogP contribution in [0.15, 0.2) is 23.0 Å². The van der Waals surface area contributed by atoms with Crippen LogP contribution in [0.3, 0.4) is 0 Å². The first-order valence-electron chi connectivity index (χ1n) is 7.71. The first kappa shape index (κ1) is 14.8. The average Bonchev–Trinajstić information content (AvgIpc) is 3.14. The van der Waals surface area contributed by atoms with E-state index in [2.05, 4.69) is 10.3 Å². The lowest BCUT2D eigenvalue weighted by molar-refractivity contribution is 0.0840. The summed E-state index contributed by atoms with van der Waals surface area (Å²) in [4.78, 5) is 26.4. The number of aromatic nitrogens is 2. The number of fused-ring (bicyclic) bond motifs is 1. The standard InChI is InChI=1S/C16H21N3O3/c1-19-13-7-6-11(8-12(13)18-16(19)22)15(21)17-9-14(20)10-4-2-3-5-10/h6-8,10,14,20H,2-5,9H2,1H3,(H,17,21)(H,18,22). The Kier molecular flexibility index (Phi) is 4.02. The molecule has 2 aromatic rings. The van der Waals surface area contributed by atoms with Gasteiger partial charge in [0.2, 0.25) is 0 Å². The van der Waals surface area contributed by atoms with Crippen LogP contribution in [0.4, 0.5) is 0 Å². The maximum Gasteiger partial charge on any atom is 0.326 e. The molecule has 1 aliphatic carbocycles. The number of aliphatic hydroxyl groups is 1. The molecule has 1 atom stereocenters. The van der Waals surface area contributed by atoms with E-state index in [4.69, 9.17) is 0 Å². The van der Waals surface area contributed by atoms with Gasteiger partial charge in [-0.25, -0.2) is 4.79 Å². The predicted octanol–water partition coefficient (Wildman–Crippen LogP) is 1.15. The highest BCUT2D eigenvalue weighted by Gasteiger charge is 2.23. The molecule has 118 valence electrons. The van der Waals surface area contributed by atoms with Crippen molar-refractivity contribution in [2.75, 3.05) is 6.54 Å². The van der Waals surface area contributed by atoms with Gasteiger partial charge in [-0.05, 0) is 37.0 Å². The first-order valence-corrected chi connectivity index (χ1v) is 7.71. The SMILES string of the molecule is Cn1c(=O)[nH]c2cc(C(=O)NCC(O)C3CCCC3)ccc21. The molecule has 1 unspecified atom stereocenters. The van der Waals surface area contributed by atoms with E-state index < -0.39 is 6.10 Å². The number of aryl methyl sites for hydroxylation is 1. The zero-order chi connectivity index (χ0) is 15.7. The van der Waals surface area contributed by atoms with Gasteiger partial charge in [0.1, 0.15) is 0 Å². The van der Waals surface area contributed by atoms with Gasteiger partial charge in [-0.15, -0.1) is 0 Å². The van der Waals surface area contributed by atoms with E-state index in [9.17, 15) is 14.7 Å². The summed E-state index contributed by atoms with van der Waals surface area (Å²) in [5, 5.41) is 12.9. The molecule has 6 heteroatoms. The third kappa shape index (κ3) is 2.78. The summed E-state index contributed by atoms with van der Waals surface area (Å²) in [6.45, 7) is 0.271. The zero-order valence-corrected chi connectivity index (χ0v) is 12.6. The van der Waals surface area contributed by atoms with Crippen molar-refractivity contribution in [1.82, 2.24) is 14.9 Å². The number of imidazole rings is 1. The fourth-order valence-electron chi connectivity index (χ4n) is 3.19. The quantitative estimate of drug-likeness (QED) is 0.792. The van der Waals surface area contributed by atoms with Crippen molar-refractivity contribution in [3.05, 3.63) is 34.2 Å². The zero-order valence-electron chi connectivity index (χ0n) is 12.6. The lowest BCUT2D eigenvalue weighted by Crippen LogP contribution is -2.35. The predicted molar refractivity (Wildman–Crippen MR) is 83.8 cm³/mol. The summed E-state index contributed by atoms with van der Waals surface area (Å²) in [6.07, 6.45) is 3.91. The molecule has 1 saturated carbocycles. The van der Waals surface area contributed by atoms with Gasteiger partial charge < -0.3 is 15.4 Å². The van der Waals surface area contributed by atoms with Crippen molar-refractivity contribution in [1.29, 1.82) is 0 Å². The number of hydrogen-bond acceptors (Lipinski definition) is 3. The van der Waals surface area contributed by atoms with Crippen molar-refractivity contribution in [3.63, 3.8) is 0 Å². The maximum atomic E-state index is 12.2. The van der Waals surface area contributed by atoms with Crippen molar-refractivity contribution < 1.29 is 9.90 Å². The highest BCUT2D eigenvalue weighted by Crippen LogP contribution is 2.27. The summed E-state index contributed by atoms with van der Waals surface area (Å²) < 4.78 is 1.50. The van der Waals surface area contributed by atoms with Crippen LogP contribution in [0.5, 0.6) is 0 Å². The molecule has 0 radical (unpaired) electrons. The average molecular weight is 303 g/mol. The molecular formula is C16H21N3O3. The van der Waals surface area contributed by atoms with Crippen LogP contribution >= 0.6 is 0 Å². The number of carbonyl (C=O) groups excluding carboxylic acids is 1. The van der Waals surface area contributed by atoms with Crippen molar-refractivity contribution in [2.24, 2.45) is 13.0 Å². The molecule has 1 fully saturated rings. The van der Waals surface area contributed by atoms with Crippen LogP contribution < -0.4 is 11.0 Å². The van der Waals surface area contributed by atoms with Gasteiger partial charge in [-0.1, -0.05) is 12.8 Å². The minimum absolute atomic E-state index is 0.204. The highest BCUT2D eigenvalue weighted by atomic mass is 16.3. The molecule has 0 saturated heterocycles. The Balaban J connectivity index is 1.68. The van der Waals surface area contributed by atoms with Gasteiger partial charge in [-0.3, -0.25) is 9.36 Å². The van der Waals surface area contributed by atoms with Gasteiger partial charge in [-0.2, -0.15) is 0 Å². The number of rotatable bonds is 4. The van der Waals surface area contributed by atoms with E-state index >= 15 is 0 Å². The number of H-pyrrole nitrogens is 1. The van der Waals surface area contributed by atoms with Gasteiger partial charge in [0.25, 0.3) is 5.91 Å². The molecule has 1 amide bonds. The van der Waals surface area contributed by atoms with E-state index in [-0.39, 0.29) is 18.1 Å². The van der Waals surface area contributed by atoms with Crippen molar-refractivity contribution in [2.45, 2.75) is 31.8 Å². The van der Waals surface area contributed by atoms with E-state index in [0.717, 1.165) is 31.2 Å². The van der Waals surface area contributed by atoms with Crippen molar-refractivity contribution in [3.8, 4) is 0 Å². The maximum absolute atomic E-state index is 12.2. The molecule has 22 heavy (non-hydrogen) atoms. The summed E-state index contributed by atoms with van der Waals surface area (Å²) >= 11 is 0. The number of nitrogens with one attached hydrogen (secondary N) is 2. The minimum atomic E-state index is -0.480. The molecule has 3 rings (SSSR count). The van der Waals surface area contributed by atoms with Crippen LogP contribution in [0, 0.1) is 5.92 Å². The largest absolute Gasteiger partial charge is 0.391 e. The second-order valence-electron chi connectivity index (χ2n) is 6.04. The molecule has 1 aromatic carbocycles. The fraction of sp³-hybridized carbons (Fsp3) is 0.500. The van der Waals surface area contributed by atoms with E-state index in [1.807, 2.05) is 0 Å². The normalized spacial score (nSPS) is 17.0. The molecule has 1 heterocycles. The van der Waals surface area contributed by atoms with Crippen LogP contribution in [0.2, 0.25) is 0 Å². The number of aliphatic hydroxyl groups excluding tert-OH is 1. The molecule has 0 aliphatic heterocycles. The highest BCUT2D eigenvalue weighted by molar-refractivity contribution is 5.97. The van der Waals surface area contributed by atoms with E-state index in [1.54, 1.807) is 25.2 Å². The summed E-state index contributed by atoms with van der Waals surface area (Å²) in [6, 6.07) is 5.09. The Morgan fingerprint density at radius 3 is 2.91 bits per heavy atom.